The lowest BCUT2D eigenvalue weighted by molar-refractivity contribution is 0.322. The average Bonchev–Trinajstić information content (AvgIpc) is 2.38. The van der Waals surface area contributed by atoms with Gasteiger partial charge in [-0.1, -0.05) is 0 Å². The van der Waals surface area contributed by atoms with Crippen LogP contribution in [0.5, 0.6) is 23.0 Å². The number of hydrogen-bond acceptors (Lipinski definition) is 6. The number of nitriles is 2. The predicted octanol–water partition coefficient (Wildman–Crippen LogP) is 1.55. The number of aromatic hydroxyl groups is 2. The molecule has 0 unspecified atom stereocenters. The summed E-state index contributed by atoms with van der Waals surface area (Å²) in [5, 5.41) is 36.8. The molecule has 0 fully saturated rings. The summed E-state index contributed by atoms with van der Waals surface area (Å²) in [6.45, 7) is 0. The van der Waals surface area contributed by atoms with Gasteiger partial charge in [-0.05, 0) is 12.1 Å². The monoisotopic (exact) mass is 246 g/mol. The molecular formula is C12H10N2O4. The normalized spacial score (nSPS) is 8.89. The summed E-state index contributed by atoms with van der Waals surface area (Å²) in [5.41, 5.74) is -0.0558. The van der Waals surface area contributed by atoms with Crippen LogP contribution < -0.4 is 9.47 Å². The van der Waals surface area contributed by atoms with Crippen molar-refractivity contribution in [1.29, 1.82) is 10.5 Å². The molecular weight excluding hydrogens is 236 g/mol. The molecule has 0 amide bonds. The van der Waals surface area contributed by atoms with Crippen molar-refractivity contribution in [3.05, 3.63) is 17.2 Å². The summed E-state index contributed by atoms with van der Waals surface area (Å²) >= 11 is 0. The molecule has 0 heterocycles. The molecule has 1 rings (SSSR count). The van der Waals surface area contributed by atoms with Gasteiger partial charge in [-0.3, -0.25) is 0 Å². The fraction of sp³-hybridized carbons (Fsp3) is 0.167. The minimum absolute atomic E-state index is 0.0612. The van der Waals surface area contributed by atoms with Gasteiger partial charge in [-0.15, -0.1) is 0 Å². The van der Waals surface area contributed by atoms with E-state index in [1.54, 1.807) is 12.1 Å². The molecule has 0 bridgehead atoms. The van der Waals surface area contributed by atoms with Crippen LogP contribution in [0.2, 0.25) is 0 Å². The first-order valence-corrected chi connectivity index (χ1v) is 4.77. The molecule has 92 valence electrons. The van der Waals surface area contributed by atoms with Gasteiger partial charge in [-0.2, -0.15) is 10.5 Å². The second-order valence-corrected chi connectivity index (χ2v) is 3.18. The highest BCUT2D eigenvalue weighted by atomic mass is 16.5. The second kappa shape index (κ2) is 5.46. The Kier molecular flexibility index (Phi) is 4.01. The van der Waals surface area contributed by atoms with Gasteiger partial charge in [0, 0.05) is 5.56 Å². The molecule has 0 radical (unpaired) electrons. The van der Waals surface area contributed by atoms with Crippen molar-refractivity contribution in [2.75, 3.05) is 14.2 Å². The number of nitrogens with zero attached hydrogens (tertiary/aromatic N) is 2. The Bertz CT molecular complexity index is 563. The van der Waals surface area contributed by atoms with Gasteiger partial charge >= 0.3 is 0 Å². The van der Waals surface area contributed by atoms with E-state index in [0.29, 0.717) is 0 Å². The van der Waals surface area contributed by atoms with Crippen LogP contribution in [0.1, 0.15) is 5.56 Å². The lowest BCUT2D eigenvalue weighted by Gasteiger charge is -2.12. The van der Waals surface area contributed by atoms with Gasteiger partial charge in [-0.25, -0.2) is 0 Å². The SMILES string of the molecule is COc1cc(C=C(C#N)C#N)c(O)c(OC)c1O. The molecule has 0 saturated carbocycles. The van der Waals surface area contributed by atoms with E-state index in [2.05, 4.69) is 0 Å². The van der Waals surface area contributed by atoms with E-state index in [-0.39, 0.29) is 34.1 Å². The Morgan fingerprint density at radius 2 is 1.78 bits per heavy atom. The van der Waals surface area contributed by atoms with Crippen molar-refractivity contribution >= 4 is 6.08 Å². The Morgan fingerprint density at radius 3 is 2.22 bits per heavy atom. The van der Waals surface area contributed by atoms with Gasteiger partial charge < -0.3 is 19.7 Å². The molecule has 6 nitrogen and oxygen atoms in total. The smallest absolute Gasteiger partial charge is 0.207 e. The maximum atomic E-state index is 9.83. The zero-order chi connectivity index (χ0) is 13.7. The molecule has 1 aromatic rings. The third-order valence-corrected chi connectivity index (χ3v) is 2.19. The van der Waals surface area contributed by atoms with E-state index in [4.69, 9.17) is 20.0 Å². The first kappa shape index (κ1) is 13.2. The standard InChI is InChI=1S/C12H10N2O4/c1-17-9-4-8(3-7(5-13)6-14)10(15)12(18-2)11(9)16/h3-4,15-16H,1-2H3. The van der Waals surface area contributed by atoms with Crippen molar-refractivity contribution < 1.29 is 19.7 Å². The minimum Gasteiger partial charge on any atom is -0.504 e. The number of benzene rings is 1. The van der Waals surface area contributed by atoms with E-state index in [0.717, 1.165) is 0 Å². The minimum atomic E-state index is -0.376. The number of hydrogen-bond donors (Lipinski definition) is 2. The van der Waals surface area contributed by atoms with Crippen molar-refractivity contribution in [1.82, 2.24) is 0 Å². The largest absolute Gasteiger partial charge is 0.504 e. The highest BCUT2D eigenvalue weighted by Crippen LogP contribution is 2.45. The second-order valence-electron chi connectivity index (χ2n) is 3.18. The Morgan fingerprint density at radius 1 is 1.17 bits per heavy atom. The maximum absolute atomic E-state index is 9.83. The summed E-state index contributed by atoms with van der Waals surface area (Å²) in [6.07, 6.45) is 1.17. The molecule has 18 heavy (non-hydrogen) atoms. The summed E-state index contributed by atoms with van der Waals surface area (Å²) in [7, 11) is 2.59. The maximum Gasteiger partial charge on any atom is 0.207 e. The van der Waals surface area contributed by atoms with E-state index in [9.17, 15) is 10.2 Å². The molecule has 0 aliphatic heterocycles. The number of allylic oxidation sites excluding steroid dienone is 1. The van der Waals surface area contributed by atoms with Gasteiger partial charge in [0.1, 0.15) is 17.7 Å². The molecule has 0 aliphatic carbocycles. The average molecular weight is 246 g/mol. The number of methoxy groups -OCH3 is 2. The van der Waals surface area contributed by atoms with E-state index >= 15 is 0 Å². The van der Waals surface area contributed by atoms with Crippen molar-refractivity contribution in [2.24, 2.45) is 0 Å². The van der Waals surface area contributed by atoms with Gasteiger partial charge in [0.15, 0.2) is 11.5 Å². The van der Waals surface area contributed by atoms with Crippen LogP contribution in [0.15, 0.2) is 11.6 Å². The fourth-order valence-electron chi connectivity index (χ4n) is 1.34. The summed E-state index contributed by atoms with van der Waals surface area (Å²) in [6, 6.07) is 4.62. The quantitative estimate of drug-likeness (QED) is 0.783. The third-order valence-electron chi connectivity index (χ3n) is 2.19. The topological polar surface area (TPSA) is 106 Å². The van der Waals surface area contributed by atoms with Crippen LogP contribution in [0.4, 0.5) is 0 Å². The van der Waals surface area contributed by atoms with Crippen LogP contribution in [0.3, 0.4) is 0 Å². The molecule has 2 N–H and O–H groups in total. The first-order chi connectivity index (χ1) is 8.58. The number of ether oxygens (including phenoxy) is 2. The van der Waals surface area contributed by atoms with Crippen LogP contribution in [0, 0.1) is 22.7 Å². The van der Waals surface area contributed by atoms with Crippen molar-refractivity contribution in [2.45, 2.75) is 0 Å². The Hall–Kier alpha value is -2.86. The number of phenolic OH excluding ortho intramolecular Hbond substituents is 2. The Balaban J connectivity index is 3.53. The fourth-order valence-corrected chi connectivity index (χ4v) is 1.34. The molecule has 0 saturated heterocycles. The third kappa shape index (κ3) is 2.28. The highest BCUT2D eigenvalue weighted by molar-refractivity contribution is 5.73. The first-order valence-electron chi connectivity index (χ1n) is 4.77. The number of phenols is 2. The van der Waals surface area contributed by atoms with Gasteiger partial charge in [0.2, 0.25) is 11.5 Å². The zero-order valence-corrected chi connectivity index (χ0v) is 9.76. The Labute approximate surface area is 104 Å². The van der Waals surface area contributed by atoms with Gasteiger partial charge in [0.05, 0.1) is 14.2 Å². The van der Waals surface area contributed by atoms with Crippen LogP contribution >= 0.6 is 0 Å². The summed E-state index contributed by atoms with van der Waals surface area (Å²) in [5.74, 6) is -0.856. The molecule has 0 aliphatic rings. The molecule has 1 aromatic carbocycles. The van der Waals surface area contributed by atoms with E-state index < -0.39 is 0 Å². The zero-order valence-electron chi connectivity index (χ0n) is 9.76. The number of rotatable bonds is 3. The van der Waals surface area contributed by atoms with Crippen LogP contribution in [-0.4, -0.2) is 24.4 Å². The molecule has 6 heteroatoms. The predicted molar refractivity (Wildman–Crippen MR) is 62.1 cm³/mol. The summed E-state index contributed by atoms with van der Waals surface area (Å²) < 4.78 is 9.73. The molecule has 0 spiro atoms. The van der Waals surface area contributed by atoms with Crippen LogP contribution in [0.25, 0.3) is 6.08 Å². The van der Waals surface area contributed by atoms with E-state index in [1.165, 1.54) is 26.4 Å². The summed E-state index contributed by atoms with van der Waals surface area (Å²) in [4.78, 5) is 0. The highest BCUT2D eigenvalue weighted by Gasteiger charge is 2.18. The molecule has 0 aromatic heterocycles. The van der Waals surface area contributed by atoms with Crippen LogP contribution in [-0.2, 0) is 0 Å². The molecule has 0 atom stereocenters. The lowest BCUT2D eigenvalue weighted by Crippen LogP contribution is -1.92. The van der Waals surface area contributed by atoms with E-state index in [1.807, 2.05) is 0 Å². The van der Waals surface area contributed by atoms with Crippen molar-refractivity contribution in [3.63, 3.8) is 0 Å². The van der Waals surface area contributed by atoms with Crippen molar-refractivity contribution in [3.8, 4) is 35.1 Å². The lowest BCUT2D eigenvalue weighted by atomic mass is 10.1. The van der Waals surface area contributed by atoms with Gasteiger partial charge in [0.25, 0.3) is 0 Å².